The molecule has 0 aliphatic carbocycles. The number of hydrogen-bond acceptors (Lipinski definition) is 4. The Bertz CT molecular complexity index is 521. The van der Waals surface area contributed by atoms with Gasteiger partial charge in [0, 0.05) is 36.9 Å². The zero-order valence-corrected chi connectivity index (χ0v) is 13.9. The maximum absolute atomic E-state index is 12.0. The molecule has 0 aromatic heterocycles. The monoisotopic (exact) mass is 342 g/mol. The molecule has 0 saturated carbocycles. The minimum Gasteiger partial charge on any atom is -0.378 e. The highest BCUT2D eigenvalue weighted by Crippen LogP contribution is 2.15. The third-order valence-electron chi connectivity index (χ3n) is 3.17. The Morgan fingerprint density at radius 3 is 2.70 bits per heavy atom. The zero-order chi connectivity index (χ0) is 15.8. The Balaban J connectivity index is 0.00000264. The van der Waals surface area contributed by atoms with Crippen LogP contribution in [0.4, 0.5) is 16.2 Å². The molecule has 1 heterocycles. The van der Waals surface area contributed by atoms with Gasteiger partial charge in [0.1, 0.15) is 0 Å². The number of morpholine rings is 1. The van der Waals surface area contributed by atoms with Crippen LogP contribution in [0.2, 0.25) is 0 Å². The Morgan fingerprint density at radius 2 is 2.04 bits per heavy atom. The largest absolute Gasteiger partial charge is 0.378 e. The minimum atomic E-state index is -0.269. The standard InChI is InChI=1S/C15H22N4O3.ClH/c1-2-16-15(21)19-12-5-3-4-11(8-12)18-14(20)9-13-10-22-7-6-17-13;/h3-5,8,13,17H,2,6-7,9-10H2,1H3,(H,18,20)(H2,16,19,21);1H. The van der Waals surface area contributed by atoms with E-state index >= 15 is 0 Å². The van der Waals surface area contributed by atoms with Crippen LogP contribution in [0.25, 0.3) is 0 Å². The van der Waals surface area contributed by atoms with Gasteiger partial charge in [-0.25, -0.2) is 4.79 Å². The third kappa shape index (κ3) is 6.85. The second kappa shape index (κ2) is 10.0. The molecule has 1 aromatic rings. The first kappa shape index (κ1) is 19.2. The summed E-state index contributed by atoms with van der Waals surface area (Å²) in [5, 5.41) is 11.4. The van der Waals surface area contributed by atoms with Gasteiger partial charge < -0.3 is 26.0 Å². The molecule has 23 heavy (non-hydrogen) atoms. The van der Waals surface area contributed by atoms with Crippen molar-refractivity contribution < 1.29 is 14.3 Å². The topological polar surface area (TPSA) is 91.5 Å². The summed E-state index contributed by atoms with van der Waals surface area (Å²) in [5.41, 5.74) is 1.28. The van der Waals surface area contributed by atoms with Gasteiger partial charge in [0.05, 0.1) is 13.2 Å². The average molecular weight is 343 g/mol. The summed E-state index contributed by atoms with van der Waals surface area (Å²) >= 11 is 0. The predicted octanol–water partition coefficient (Wildman–Crippen LogP) is 1.57. The van der Waals surface area contributed by atoms with Crippen molar-refractivity contribution in [2.75, 3.05) is 36.9 Å². The van der Waals surface area contributed by atoms with E-state index in [9.17, 15) is 9.59 Å². The molecule has 0 spiro atoms. The summed E-state index contributed by atoms with van der Waals surface area (Å²) < 4.78 is 5.32. The minimum absolute atomic E-state index is 0. The van der Waals surface area contributed by atoms with E-state index in [2.05, 4.69) is 21.3 Å². The highest BCUT2D eigenvalue weighted by atomic mass is 35.5. The highest BCUT2D eigenvalue weighted by molar-refractivity contribution is 5.93. The van der Waals surface area contributed by atoms with E-state index in [1.807, 2.05) is 6.92 Å². The molecule has 0 radical (unpaired) electrons. The maximum Gasteiger partial charge on any atom is 0.319 e. The predicted molar refractivity (Wildman–Crippen MR) is 92.2 cm³/mol. The maximum atomic E-state index is 12.0. The summed E-state index contributed by atoms with van der Waals surface area (Å²) in [7, 11) is 0. The summed E-state index contributed by atoms with van der Waals surface area (Å²) in [4.78, 5) is 23.5. The number of ether oxygens (including phenoxy) is 1. The van der Waals surface area contributed by atoms with E-state index in [0.29, 0.717) is 37.6 Å². The van der Waals surface area contributed by atoms with Gasteiger partial charge >= 0.3 is 6.03 Å². The van der Waals surface area contributed by atoms with Crippen molar-refractivity contribution in [2.45, 2.75) is 19.4 Å². The number of carbonyl (C=O) groups is 2. The van der Waals surface area contributed by atoms with Crippen LogP contribution < -0.4 is 21.3 Å². The van der Waals surface area contributed by atoms with Gasteiger partial charge in [-0.1, -0.05) is 6.07 Å². The third-order valence-corrected chi connectivity index (χ3v) is 3.17. The van der Waals surface area contributed by atoms with Crippen molar-refractivity contribution in [1.82, 2.24) is 10.6 Å². The summed E-state index contributed by atoms with van der Waals surface area (Å²) in [5.74, 6) is -0.0850. The van der Waals surface area contributed by atoms with Gasteiger partial charge in [0.15, 0.2) is 0 Å². The van der Waals surface area contributed by atoms with Crippen molar-refractivity contribution in [3.63, 3.8) is 0 Å². The van der Waals surface area contributed by atoms with Crippen LogP contribution >= 0.6 is 12.4 Å². The van der Waals surface area contributed by atoms with E-state index in [4.69, 9.17) is 4.74 Å². The fraction of sp³-hybridized carbons (Fsp3) is 0.467. The highest BCUT2D eigenvalue weighted by Gasteiger charge is 2.16. The first-order valence-electron chi connectivity index (χ1n) is 7.43. The Hall–Kier alpha value is -1.83. The van der Waals surface area contributed by atoms with Gasteiger partial charge in [-0.05, 0) is 25.1 Å². The molecule has 1 atom stereocenters. The van der Waals surface area contributed by atoms with Gasteiger partial charge in [-0.2, -0.15) is 0 Å². The van der Waals surface area contributed by atoms with Crippen molar-refractivity contribution in [1.29, 1.82) is 0 Å². The Kier molecular flexibility index (Phi) is 8.39. The van der Waals surface area contributed by atoms with E-state index < -0.39 is 0 Å². The van der Waals surface area contributed by atoms with Crippen LogP contribution in [0.15, 0.2) is 24.3 Å². The van der Waals surface area contributed by atoms with Crippen molar-refractivity contribution >= 4 is 35.7 Å². The molecule has 2 rings (SSSR count). The lowest BCUT2D eigenvalue weighted by Gasteiger charge is -2.23. The fourth-order valence-corrected chi connectivity index (χ4v) is 2.20. The summed E-state index contributed by atoms with van der Waals surface area (Å²) in [6.45, 7) is 4.40. The van der Waals surface area contributed by atoms with Gasteiger partial charge in [-0.15, -0.1) is 12.4 Å². The number of hydrogen-bond donors (Lipinski definition) is 4. The van der Waals surface area contributed by atoms with Crippen molar-refractivity contribution in [2.24, 2.45) is 0 Å². The van der Waals surface area contributed by atoms with E-state index in [0.717, 1.165) is 6.54 Å². The number of carbonyl (C=O) groups excluding carboxylic acids is 2. The molecule has 1 aromatic carbocycles. The van der Waals surface area contributed by atoms with Gasteiger partial charge in [0.2, 0.25) is 5.91 Å². The van der Waals surface area contributed by atoms with Crippen LogP contribution in [0, 0.1) is 0 Å². The lowest BCUT2D eigenvalue weighted by atomic mass is 10.2. The fourth-order valence-electron chi connectivity index (χ4n) is 2.20. The molecule has 1 aliphatic rings. The number of anilines is 2. The molecule has 1 saturated heterocycles. The molecule has 0 bridgehead atoms. The number of halogens is 1. The number of rotatable bonds is 5. The van der Waals surface area contributed by atoms with Crippen LogP contribution in [0.5, 0.6) is 0 Å². The van der Waals surface area contributed by atoms with Gasteiger partial charge in [-0.3, -0.25) is 4.79 Å². The molecule has 1 fully saturated rings. The second-order valence-corrected chi connectivity index (χ2v) is 5.04. The van der Waals surface area contributed by atoms with Crippen molar-refractivity contribution in [3.8, 4) is 0 Å². The zero-order valence-electron chi connectivity index (χ0n) is 13.1. The lowest BCUT2D eigenvalue weighted by molar-refractivity contribution is -0.117. The molecule has 8 heteroatoms. The van der Waals surface area contributed by atoms with Crippen molar-refractivity contribution in [3.05, 3.63) is 24.3 Å². The SMILES string of the molecule is CCNC(=O)Nc1cccc(NC(=O)CC2COCCN2)c1.Cl. The first-order chi connectivity index (χ1) is 10.7. The summed E-state index contributed by atoms with van der Waals surface area (Å²) in [6, 6.07) is 6.82. The Labute approximate surface area is 141 Å². The molecule has 128 valence electrons. The van der Waals surface area contributed by atoms with E-state index in [1.165, 1.54) is 0 Å². The number of urea groups is 1. The molecule has 7 nitrogen and oxygen atoms in total. The smallest absolute Gasteiger partial charge is 0.319 e. The van der Waals surface area contributed by atoms with Crippen LogP contribution in [0.1, 0.15) is 13.3 Å². The van der Waals surface area contributed by atoms with E-state index in [1.54, 1.807) is 24.3 Å². The average Bonchev–Trinajstić information content (AvgIpc) is 2.48. The van der Waals surface area contributed by atoms with E-state index in [-0.39, 0.29) is 30.4 Å². The quantitative estimate of drug-likeness (QED) is 0.653. The number of benzene rings is 1. The second-order valence-electron chi connectivity index (χ2n) is 5.04. The molecular weight excluding hydrogens is 320 g/mol. The molecule has 1 unspecified atom stereocenters. The summed E-state index contributed by atoms with van der Waals surface area (Å²) in [6.07, 6.45) is 0.355. The number of nitrogens with one attached hydrogen (secondary N) is 4. The molecular formula is C15H23ClN4O3. The normalized spacial score (nSPS) is 16.8. The first-order valence-corrected chi connectivity index (χ1v) is 7.43. The van der Waals surface area contributed by atoms with Crippen LogP contribution in [-0.2, 0) is 9.53 Å². The van der Waals surface area contributed by atoms with Crippen LogP contribution in [-0.4, -0.2) is 44.3 Å². The Morgan fingerprint density at radius 1 is 1.30 bits per heavy atom. The molecule has 1 aliphatic heterocycles. The number of amides is 3. The molecule has 3 amide bonds. The van der Waals surface area contributed by atoms with Gasteiger partial charge in [0.25, 0.3) is 0 Å². The van der Waals surface area contributed by atoms with Crippen LogP contribution in [0.3, 0.4) is 0 Å². The lowest BCUT2D eigenvalue weighted by Crippen LogP contribution is -2.43. The molecule has 4 N–H and O–H groups in total.